The van der Waals surface area contributed by atoms with Gasteiger partial charge in [0, 0.05) is 29.7 Å². The van der Waals surface area contributed by atoms with Crippen molar-refractivity contribution < 1.29 is 17.5 Å². The standard InChI is InChI=1S/C23H19BrFNO3S/c24-17-6-11-20-21(12-17)29-22-14-26(13-16-4-2-1-3-5-16)15-23(20,22)30(27,28)19-9-7-18(25)8-10-19/h1-12,22H,13-15H2. The van der Waals surface area contributed by atoms with E-state index in [9.17, 15) is 12.8 Å². The summed E-state index contributed by atoms with van der Waals surface area (Å²) in [4.78, 5) is 2.22. The molecule has 4 nitrogen and oxygen atoms in total. The topological polar surface area (TPSA) is 46.6 Å². The van der Waals surface area contributed by atoms with E-state index in [-0.39, 0.29) is 4.90 Å². The van der Waals surface area contributed by atoms with Crippen molar-refractivity contribution in [2.75, 3.05) is 13.1 Å². The van der Waals surface area contributed by atoms with Gasteiger partial charge in [-0.15, -0.1) is 0 Å². The molecule has 2 aliphatic rings. The molecule has 3 aromatic rings. The molecule has 0 bridgehead atoms. The zero-order chi connectivity index (χ0) is 20.9. The number of sulfone groups is 1. The minimum Gasteiger partial charge on any atom is -0.487 e. The maximum atomic E-state index is 14.0. The van der Waals surface area contributed by atoms with Crippen LogP contribution in [0.3, 0.4) is 0 Å². The van der Waals surface area contributed by atoms with E-state index in [2.05, 4.69) is 20.8 Å². The van der Waals surface area contributed by atoms with Gasteiger partial charge in [0.15, 0.2) is 14.6 Å². The Kier molecular flexibility index (Phi) is 4.72. The monoisotopic (exact) mass is 487 g/mol. The van der Waals surface area contributed by atoms with Crippen LogP contribution in [0.5, 0.6) is 5.75 Å². The molecule has 0 spiro atoms. The van der Waals surface area contributed by atoms with Crippen LogP contribution in [0.4, 0.5) is 4.39 Å². The van der Waals surface area contributed by atoms with Crippen LogP contribution in [0, 0.1) is 5.82 Å². The zero-order valence-corrected chi connectivity index (χ0v) is 18.4. The fourth-order valence-corrected chi connectivity index (χ4v) is 7.09. The van der Waals surface area contributed by atoms with E-state index in [0.717, 1.165) is 10.0 Å². The van der Waals surface area contributed by atoms with E-state index < -0.39 is 26.5 Å². The second-order valence-electron chi connectivity index (χ2n) is 7.75. The predicted molar refractivity (Wildman–Crippen MR) is 116 cm³/mol. The summed E-state index contributed by atoms with van der Waals surface area (Å²) in [6, 6.07) is 20.5. The largest absolute Gasteiger partial charge is 0.487 e. The predicted octanol–water partition coefficient (Wildman–Crippen LogP) is 4.53. The van der Waals surface area contributed by atoms with Crippen LogP contribution in [0.1, 0.15) is 11.1 Å². The molecule has 2 unspecified atom stereocenters. The molecule has 2 heterocycles. The van der Waals surface area contributed by atoms with Gasteiger partial charge in [-0.1, -0.05) is 52.3 Å². The van der Waals surface area contributed by atoms with Gasteiger partial charge in [-0.05, 0) is 42.0 Å². The number of fused-ring (bicyclic) bond motifs is 3. The maximum Gasteiger partial charge on any atom is 0.193 e. The van der Waals surface area contributed by atoms with Crippen molar-refractivity contribution in [2.45, 2.75) is 22.3 Å². The minimum absolute atomic E-state index is 0.106. The Labute approximate surface area is 183 Å². The zero-order valence-electron chi connectivity index (χ0n) is 16.0. The van der Waals surface area contributed by atoms with Crippen LogP contribution >= 0.6 is 15.9 Å². The number of hydrogen-bond acceptors (Lipinski definition) is 4. The molecule has 154 valence electrons. The number of nitrogens with zero attached hydrogens (tertiary/aromatic N) is 1. The van der Waals surface area contributed by atoms with Crippen molar-refractivity contribution in [3.05, 3.63) is 94.2 Å². The minimum atomic E-state index is -3.85. The van der Waals surface area contributed by atoms with Crippen LogP contribution in [-0.4, -0.2) is 32.5 Å². The van der Waals surface area contributed by atoms with Crippen molar-refractivity contribution in [1.82, 2.24) is 4.90 Å². The summed E-state index contributed by atoms with van der Waals surface area (Å²) in [5, 5.41) is 0. The molecule has 1 fully saturated rings. The van der Waals surface area contributed by atoms with E-state index in [0.29, 0.717) is 30.9 Å². The molecule has 7 heteroatoms. The quantitative estimate of drug-likeness (QED) is 0.507. The fraction of sp³-hybridized carbons (Fsp3) is 0.217. The molecule has 0 saturated carbocycles. The Morgan fingerprint density at radius 3 is 2.53 bits per heavy atom. The molecule has 5 rings (SSSR count). The lowest BCUT2D eigenvalue weighted by molar-refractivity contribution is 0.203. The van der Waals surface area contributed by atoms with Crippen LogP contribution < -0.4 is 4.74 Å². The number of benzene rings is 3. The van der Waals surface area contributed by atoms with E-state index in [1.54, 1.807) is 0 Å². The molecule has 3 aromatic carbocycles. The van der Waals surface area contributed by atoms with Crippen molar-refractivity contribution in [2.24, 2.45) is 0 Å². The molecule has 0 amide bonds. The number of likely N-dealkylation sites (tertiary alicyclic amines) is 1. The van der Waals surface area contributed by atoms with Gasteiger partial charge in [-0.2, -0.15) is 0 Å². The highest BCUT2D eigenvalue weighted by atomic mass is 79.9. The number of rotatable bonds is 4. The Balaban J connectivity index is 1.61. The summed E-state index contributed by atoms with van der Waals surface area (Å²) in [5.74, 6) is 0.117. The van der Waals surface area contributed by atoms with E-state index in [1.165, 1.54) is 24.3 Å². The average molecular weight is 488 g/mol. The summed E-state index contributed by atoms with van der Waals surface area (Å²) in [7, 11) is -3.85. The number of hydrogen-bond donors (Lipinski definition) is 0. The summed E-state index contributed by atoms with van der Waals surface area (Å²) in [5.41, 5.74) is 1.78. The Bertz CT molecular complexity index is 1200. The smallest absolute Gasteiger partial charge is 0.193 e. The van der Waals surface area contributed by atoms with Gasteiger partial charge in [0.05, 0.1) is 4.90 Å². The van der Waals surface area contributed by atoms with Crippen molar-refractivity contribution in [3.63, 3.8) is 0 Å². The van der Waals surface area contributed by atoms with Crippen LogP contribution in [0.2, 0.25) is 0 Å². The van der Waals surface area contributed by atoms with Gasteiger partial charge in [0.1, 0.15) is 17.7 Å². The second-order valence-corrected chi connectivity index (χ2v) is 10.9. The van der Waals surface area contributed by atoms with Gasteiger partial charge in [-0.3, -0.25) is 4.90 Å². The summed E-state index contributed by atoms with van der Waals surface area (Å²) >= 11 is 3.44. The lowest BCUT2D eigenvalue weighted by atomic mass is 9.97. The molecule has 1 saturated heterocycles. The Morgan fingerprint density at radius 1 is 1.07 bits per heavy atom. The fourth-order valence-electron chi connectivity index (χ4n) is 4.56. The lowest BCUT2D eigenvalue weighted by Crippen LogP contribution is -2.44. The number of halogens is 2. The number of ether oxygens (including phenoxy) is 1. The first-order chi connectivity index (χ1) is 14.4. The van der Waals surface area contributed by atoms with Crippen molar-refractivity contribution in [1.29, 1.82) is 0 Å². The van der Waals surface area contributed by atoms with E-state index in [4.69, 9.17) is 4.74 Å². The van der Waals surface area contributed by atoms with Gasteiger partial charge < -0.3 is 4.74 Å². The summed E-state index contributed by atoms with van der Waals surface area (Å²) in [6.07, 6.45) is -0.541. The highest BCUT2D eigenvalue weighted by Crippen LogP contribution is 2.53. The molecule has 2 atom stereocenters. The molecule has 0 radical (unpaired) electrons. The third-order valence-electron chi connectivity index (χ3n) is 5.92. The first-order valence-electron chi connectivity index (χ1n) is 9.63. The van der Waals surface area contributed by atoms with Crippen LogP contribution in [-0.2, 0) is 21.1 Å². The van der Waals surface area contributed by atoms with Gasteiger partial charge >= 0.3 is 0 Å². The summed E-state index contributed by atoms with van der Waals surface area (Å²) in [6.45, 7) is 1.43. The molecular weight excluding hydrogens is 469 g/mol. The lowest BCUT2D eigenvalue weighted by Gasteiger charge is -2.28. The third kappa shape index (κ3) is 2.99. The Morgan fingerprint density at radius 2 is 1.80 bits per heavy atom. The second kappa shape index (κ2) is 7.18. The van der Waals surface area contributed by atoms with Crippen molar-refractivity contribution in [3.8, 4) is 5.75 Å². The van der Waals surface area contributed by atoms with Gasteiger partial charge in [-0.25, -0.2) is 12.8 Å². The van der Waals surface area contributed by atoms with Gasteiger partial charge in [0.25, 0.3) is 0 Å². The van der Waals surface area contributed by atoms with Crippen LogP contribution in [0.15, 0.2) is 82.2 Å². The molecule has 30 heavy (non-hydrogen) atoms. The van der Waals surface area contributed by atoms with Crippen LogP contribution in [0.25, 0.3) is 0 Å². The Hall–Kier alpha value is -2.22. The molecule has 2 aliphatic heterocycles. The normalized spacial score (nSPS) is 23.1. The molecule has 0 aromatic heterocycles. The third-order valence-corrected chi connectivity index (χ3v) is 8.88. The average Bonchev–Trinajstić information content (AvgIpc) is 3.22. The summed E-state index contributed by atoms with van der Waals surface area (Å²) < 4.78 is 47.2. The highest BCUT2D eigenvalue weighted by molar-refractivity contribution is 9.10. The van der Waals surface area contributed by atoms with Gasteiger partial charge in [0.2, 0.25) is 0 Å². The molecule has 0 N–H and O–H groups in total. The highest BCUT2D eigenvalue weighted by Gasteiger charge is 2.63. The first kappa shape index (κ1) is 19.7. The van der Waals surface area contributed by atoms with E-state index >= 15 is 0 Å². The maximum absolute atomic E-state index is 14.0. The molecule has 0 aliphatic carbocycles. The first-order valence-corrected chi connectivity index (χ1v) is 11.9. The molecular formula is C23H19BrFNO3S. The SMILES string of the molecule is O=S(=O)(c1ccc(F)cc1)C12CN(Cc3ccccc3)CC1Oc1cc(Br)ccc12. The van der Waals surface area contributed by atoms with Crippen molar-refractivity contribution >= 4 is 25.8 Å². The van der Waals surface area contributed by atoms with E-state index in [1.807, 2.05) is 48.5 Å².